The summed E-state index contributed by atoms with van der Waals surface area (Å²) in [7, 11) is 1.36. The first-order chi connectivity index (χ1) is 18.0. The van der Waals surface area contributed by atoms with Gasteiger partial charge in [0.25, 0.3) is 0 Å². The van der Waals surface area contributed by atoms with Crippen molar-refractivity contribution in [3.8, 4) is 0 Å². The van der Waals surface area contributed by atoms with Crippen LogP contribution in [0.5, 0.6) is 0 Å². The van der Waals surface area contributed by atoms with E-state index in [9.17, 15) is 9.59 Å². The van der Waals surface area contributed by atoms with Crippen LogP contribution < -0.4 is 11.1 Å². The molecule has 2 fully saturated rings. The predicted octanol–water partition coefficient (Wildman–Crippen LogP) is 6.01. The Morgan fingerprint density at radius 3 is 2.27 bits per heavy atom. The van der Waals surface area contributed by atoms with Crippen molar-refractivity contribution in [3.63, 3.8) is 0 Å². The molecule has 1 atom stereocenters. The second-order valence-corrected chi connectivity index (χ2v) is 11.2. The quantitative estimate of drug-likeness (QED) is 0.227. The van der Waals surface area contributed by atoms with E-state index >= 15 is 0 Å². The molecular weight excluding hydrogens is 488 g/mol. The highest BCUT2D eigenvalue weighted by molar-refractivity contribution is 6.31. The fraction of sp³-hybridized carbons (Fsp3) is 0.600. The summed E-state index contributed by atoms with van der Waals surface area (Å²) in [5.74, 6) is 0.314. The molecule has 0 aromatic heterocycles. The maximum atomic E-state index is 13.9. The number of methoxy groups -OCH3 is 1. The number of unbranched alkanes of at least 4 members (excludes halogenated alkanes) is 4. The first-order valence-corrected chi connectivity index (χ1v) is 14.2. The van der Waals surface area contributed by atoms with Crippen LogP contribution in [-0.2, 0) is 19.1 Å². The Labute approximate surface area is 226 Å². The van der Waals surface area contributed by atoms with E-state index in [4.69, 9.17) is 26.8 Å². The summed E-state index contributed by atoms with van der Waals surface area (Å²) in [5.41, 5.74) is 8.71. The molecule has 1 aromatic carbocycles. The number of dihydropyridines is 1. The van der Waals surface area contributed by atoms with Gasteiger partial charge in [-0.2, -0.15) is 0 Å². The van der Waals surface area contributed by atoms with Crippen molar-refractivity contribution >= 4 is 23.5 Å². The SMILES string of the molecule is COC(=O)C1=C(C)NC(CCCCCCCN)=C(C(=O)OCC(C2CC2)C2CC2)C1c1ccccc1Cl. The number of nitrogens with one attached hydrogen (secondary N) is 1. The maximum Gasteiger partial charge on any atom is 0.336 e. The van der Waals surface area contributed by atoms with Crippen LogP contribution in [0.4, 0.5) is 0 Å². The van der Waals surface area contributed by atoms with Gasteiger partial charge in [0.1, 0.15) is 0 Å². The van der Waals surface area contributed by atoms with Crippen LogP contribution in [0.3, 0.4) is 0 Å². The Kier molecular flexibility index (Phi) is 9.71. The number of carbonyl (C=O) groups excluding carboxylic acids is 2. The molecule has 1 aliphatic heterocycles. The lowest BCUT2D eigenvalue weighted by atomic mass is 9.79. The molecule has 4 rings (SSSR count). The summed E-state index contributed by atoms with van der Waals surface area (Å²) in [5, 5.41) is 3.89. The average Bonchev–Trinajstić information content (AvgIpc) is 3.81. The number of rotatable bonds is 14. The van der Waals surface area contributed by atoms with Gasteiger partial charge in [-0.15, -0.1) is 0 Å². The zero-order valence-electron chi connectivity index (χ0n) is 22.2. The van der Waals surface area contributed by atoms with Gasteiger partial charge in [0.15, 0.2) is 0 Å². The highest BCUT2D eigenvalue weighted by atomic mass is 35.5. The zero-order chi connectivity index (χ0) is 26.4. The summed E-state index contributed by atoms with van der Waals surface area (Å²) in [4.78, 5) is 26.9. The second kappa shape index (κ2) is 13.0. The van der Waals surface area contributed by atoms with Crippen molar-refractivity contribution in [3.05, 3.63) is 57.4 Å². The van der Waals surface area contributed by atoms with Gasteiger partial charge in [0, 0.05) is 16.4 Å². The molecule has 0 amide bonds. The van der Waals surface area contributed by atoms with Crippen molar-refractivity contribution in [2.24, 2.45) is 23.5 Å². The Balaban J connectivity index is 1.64. The molecule has 3 aliphatic rings. The molecular formula is C30H41ClN2O4. The van der Waals surface area contributed by atoms with Crippen LogP contribution in [0.2, 0.25) is 5.02 Å². The fourth-order valence-corrected chi connectivity index (χ4v) is 5.91. The number of carbonyl (C=O) groups is 2. The van der Waals surface area contributed by atoms with Gasteiger partial charge >= 0.3 is 11.9 Å². The van der Waals surface area contributed by atoms with E-state index in [1.807, 2.05) is 25.1 Å². The highest BCUT2D eigenvalue weighted by Crippen LogP contribution is 2.49. The van der Waals surface area contributed by atoms with E-state index in [1.165, 1.54) is 32.8 Å². The van der Waals surface area contributed by atoms with Crippen LogP contribution >= 0.6 is 11.6 Å². The highest BCUT2D eigenvalue weighted by Gasteiger charge is 2.43. The number of hydrogen-bond acceptors (Lipinski definition) is 6. The third-order valence-corrected chi connectivity index (χ3v) is 8.32. The molecule has 202 valence electrons. The molecule has 2 aliphatic carbocycles. The smallest absolute Gasteiger partial charge is 0.336 e. The average molecular weight is 529 g/mol. The molecule has 0 bridgehead atoms. The monoisotopic (exact) mass is 528 g/mol. The van der Waals surface area contributed by atoms with E-state index < -0.39 is 11.9 Å². The molecule has 7 heteroatoms. The Hall–Kier alpha value is -2.31. The third kappa shape index (κ3) is 6.97. The molecule has 0 spiro atoms. The summed E-state index contributed by atoms with van der Waals surface area (Å²) < 4.78 is 11.2. The van der Waals surface area contributed by atoms with Crippen LogP contribution in [0, 0.1) is 17.8 Å². The number of benzene rings is 1. The summed E-state index contributed by atoms with van der Waals surface area (Å²) in [6.07, 6.45) is 10.8. The van der Waals surface area contributed by atoms with Crippen molar-refractivity contribution in [1.29, 1.82) is 0 Å². The van der Waals surface area contributed by atoms with Crippen molar-refractivity contribution < 1.29 is 19.1 Å². The van der Waals surface area contributed by atoms with Crippen LogP contribution in [0.1, 0.15) is 82.6 Å². The van der Waals surface area contributed by atoms with E-state index in [0.717, 1.165) is 37.8 Å². The van der Waals surface area contributed by atoms with Gasteiger partial charge in [-0.1, -0.05) is 49.1 Å². The van der Waals surface area contributed by atoms with Gasteiger partial charge in [0.2, 0.25) is 0 Å². The largest absolute Gasteiger partial charge is 0.466 e. The molecule has 2 saturated carbocycles. The Bertz CT molecular complexity index is 1030. The summed E-state index contributed by atoms with van der Waals surface area (Å²) in [6, 6.07) is 7.40. The minimum absolute atomic E-state index is 0.365. The van der Waals surface area contributed by atoms with E-state index in [-0.39, 0.29) is 5.97 Å². The minimum atomic E-state index is -0.651. The summed E-state index contributed by atoms with van der Waals surface area (Å²) in [6.45, 7) is 3.01. The molecule has 0 radical (unpaired) electrons. The lowest BCUT2D eigenvalue weighted by Crippen LogP contribution is -2.34. The zero-order valence-corrected chi connectivity index (χ0v) is 22.9. The van der Waals surface area contributed by atoms with Crippen LogP contribution in [0.25, 0.3) is 0 Å². The predicted molar refractivity (Wildman–Crippen MR) is 146 cm³/mol. The number of nitrogens with two attached hydrogens (primary N) is 1. The van der Waals surface area contributed by atoms with Gasteiger partial charge in [0.05, 0.1) is 30.8 Å². The Morgan fingerprint density at radius 2 is 1.65 bits per heavy atom. The lowest BCUT2D eigenvalue weighted by molar-refractivity contribution is -0.141. The maximum absolute atomic E-state index is 13.9. The van der Waals surface area contributed by atoms with Gasteiger partial charge in [-0.05, 0) is 87.8 Å². The molecule has 6 nitrogen and oxygen atoms in total. The van der Waals surface area contributed by atoms with E-state index in [0.29, 0.717) is 64.8 Å². The van der Waals surface area contributed by atoms with E-state index in [1.54, 1.807) is 6.07 Å². The molecule has 0 saturated heterocycles. The van der Waals surface area contributed by atoms with Crippen LogP contribution in [0.15, 0.2) is 46.8 Å². The standard InChI is InChI=1S/C30H41ClN2O4/c1-19-26(29(34)36-2)27(22-10-7-8-11-24(22)31)28(25(33-19)12-6-4-3-5-9-17-32)30(35)37-18-23(20-13-14-20)21-15-16-21/h7-8,10-11,20-21,23,27,33H,3-6,9,12-18,32H2,1-2H3. The number of ether oxygens (including phenoxy) is 2. The molecule has 1 heterocycles. The number of allylic oxidation sites excluding steroid dienone is 2. The molecule has 3 N–H and O–H groups in total. The number of hydrogen-bond donors (Lipinski definition) is 2. The van der Waals surface area contributed by atoms with Crippen LogP contribution in [-0.4, -0.2) is 32.2 Å². The van der Waals surface area contributed by atoms with E-state index in [2.05, 4.69) is 5.32 Å². The van der Waals surface area contributed by atoms with Gasteiger partial charge in [-0.25, -0.2) is 9.59 Å². The van der Waals surface area contributed by atoms with Crippen molar-refractivity contribution in [1.82, 2.24) is 5.32 Å². The molecule has 1 unspecified atom stereocenters. The second-order valence-electron chi connectivity index (χ2n) is 10.7. The first kappa shape index (κ1) is 27.7. The van der Waals surface area contributed by atoms with Gasteiger partial charge < -0.3 is 20.5 Å². The normalized spacial score (nSPS) is 19.8. The fourth-order valence-electron chi connectivity index (χ4n) is 5.67. The van der Waals surface area contributed by atoms with Gasteiger partial charge in [-0.3, -0.25) is 0 Å². The lowest BCUT2D eigenvalue weighted by Gasteiger charge is -2.32. The minimum Gasteiger partial charge on any atom is -0.466 e. The first-order valence-electron chi connectivity index (χ1n) is 13.9. The molecule has 1 aromatic rings. The molecule has 37 heavy (non-hydrogen) atoms. The van der Waals surface area contributed by atoms with Crippen molar-refractivity contribution in [2.45, 2.75) is 77.0 Å². The topological polar surface area (TPSA) is 90.6 Å². The summed E-state index contributed by atoms with van der Waals surface area (Å²) >= 11 is 6.66. The number of esters is 2. The van der Waals surface area contributed by atoms with Crippen molar-refractivity contribution in [2.75, 3.05) is 20.3 Å². The number of halogens is 1. The Morgan fingerprint density at radius 1 is 1.00 bits per heavy atom. The third-order valence-electron chi connectivity index (χ3n) is 7.98.